The van der Waals surface area contributed by atoms with Crippen LogP contribution in [0.2, 0.25) is 0 Å². The first-order chi connectivity index (χ1) is 18.8. The van der Waals surface area contributed by atoms with Gasteiger partial charge >= 0.3 is 0 Å². The number of benzene rings is 4. The molecule has 0 aromatic heterocycles. The Hall–Kier alpha value is -4.26. The van der Waals surface area contributed by atoms with Gasteiger partial charge in [-0.1, -0.05) is 96.1 Å². The lowest BCUT2D eigenvalue weighted by Crippen LogP contribution is -2.25. The average Bonchev–Trinajstić information content (AvgIpc) is 3.21. The number of amides is 1. The Morgan fingerprint density at radius 2 is 1.31 bits per heavy atom. The predicted octanol–water partition coefficient (Wildman–Crippen LogP) is 6.94. The molecule has 0 saturated carbocycles. The van der Waals surface area contributed by atoms with E-state index in [2.05, 4.69) is 0 Å². The van der Waals surface area contributed by atoms with E-state index in [1.54, 1.807) is 17.0 Å². The van der Waals surface area contributed by atoms with Crippen molar-refractivity contribution in [2.45, 2.75) is 25.2 Å². The minimum Gasteiger partial charge on any atom is -0.277 e. The van der Waals surface area contributed by atoms with Gasteiger partial charge in [-0.2, -0.15) is 8.42 Å². The van der Waals surface area contributed by atoms with Crippen molar-refractivity contribution in [2.75, 3.05) is 11.5 Å². The highest BCUT2D eigenvalue weighted by molar-refractivity contribution is 7.86. The summed E-state index contributed by atoms with van der Waals surface area (Å²) in [7, 11) is -3.96. The summed E-state index contributed by atoms with van der Waals surface area (Å²) < 4.78 is 31.1. The first kappa shape index (κ1) is 26.4. The fraction of sp³-hybridized carbons (Fsp3) is 0.121. The maximum Gasteiger partial charge on any atom is 0.296 e. The van der Waals surface area contributed by atoms with Crippen LogP contribution in [0, 0.1) is 13.8 Å². The molecule has 6 heteroatoms. The summed E-state index contributed by atoms with van der Waals surface area (Å²) in [4.78, 5) is 15.9. The second-order valence-corrected chi connectivity index (χ2v) is 11.1. The van der Waals surface area contributed by atoms with Crippen LogP contribution in [0.3, 0.4) is 0 Å². The van der Waals surface area contributed by atoms with E-state index in [4.69, 9.17) is 4.18 Å². The van der Waals surface area contributed by atoms with Gasteiger partial charge in [0.2, 0.25) is 0 Å². The molecular weight excluding hydrogens is 506 g/mol. The van der Waals surface area contributed by atoms with Gasteiger partial charge in [0.15, 0.2) is 0 Å². The van der Waals surface area contributed by atoms with Crippen LogP contribution in [0.25, 0.3) is 11.6 Å². The van der Waals surface area contributed by atoms with E-state index >= 15 is 0 Å². The molecule has 1 amide bonds. The van der Waals surface area contributed by atoms with Gasteiger partial charge in [0.1, 0.15) is 0 Å². The summed E-state index contributed by atoms with van der Waals surface area (Å²) in [6.07, 6.45) is 2.12. The Labute approximate surface area is 229 Å². The van der Waals surface area contributed by atoms with Crippen molar-refractivity contribution in [3.63, 3.8) is 0 Å². The van der Waals surface area contributed by atoms with E-state index < -0.39 is 10.1 Å². The van der Waals surface area contributed by atoms with E-state index in [1.807, 2.05) is 105 Å². The van der Waals surface area contributed by atoms with Gasteiger partial charge in [-0.25, -0.2) is 0 Å². The fourth-order valence-corrected chi connectivity index (χ4v) is 5.51. The third kappa shape index (κ3) is 5.77. The number of carbonyl (C=O) groups excluding carboxylic acids is 1. The molecule has 4 aromatic rings. The molecule has 0 unspecified atom stereocenters. The van der Waals surface area contributed by atoms with Crippen molar-refractivity contribution < 1.29 is 17.4 Å². The van der Waals surface area contributed by atoms with Crippen molar-refractivity contribution in [1.29, 1.82) is 0 Å². The zero-order chi connectivity index (χ0) is 27.4. The van der Waals surface area contributed by atoms with Crippen LogP contribution in [0.4, 0.5) is 5.69 Å². The van der Waals surface area contributed by atoms with Crippen LogP contribution in [-0.2, 0) is 19.1 Å². The zero-order valence-electron chi connectivity index (χ0n) is 21.9. The molecule has 0 saturated heterocycles. The topological polar surface area (TPSA) is 63.7 Å². The van der Waals surface area contributed by atoms with Gasteiger partial charge in [-0.05, 0) is 55.3 Å². The molecule has 39 heavy (non-hydrogen) atoms. The Morgan fingerprint density at radius 3 is 1.92 bits per heavy atom. The standard InChI is InChI=1S/C33H29NO4S/c1-24-13-17-28(18-14-24)34-31(23-26-9-5-3-6-10-26)32(27-11-7-4-8-12-27)30(33(34)35)21-22-38-39(36,37)29-19-15-25(2)16-20-29/h3-20,23H,21-22H2,1-2H3/b31-23-. The Balaban J connectivity index is 1.56. The minimum atomic E-state index is -3.96. The van der Waals surface area contributed by atoms with Crippen LogP contribution >= 0.6 is 0 Å². The highest BCUT2D eigenvalue weighted by Gasteiger charge is 2.36. The summed E-state index contributed by atoms with van der Waals surface area (Å²) in [5.74, 6) is -0.198. The lowest BCUT2D eigenvalue weighted by atomic mass is 9.97. The molecule has 0 spiro atoms. The van der Waals surface area contributed by atoms with E-state index in [1.165, 1.54) is 12.1 Å². The van der Waals surface area contributed by atoms with Gasteiger partial charge in [0.05, 0.1) is 17.2 Å². The highest BCUT2D eigenvalue weighted by atomic mass is 32.2. The maximum absolute atomic E-state index is 14.1. The molecule has 0 bridgehead atoms. The monoisotopic (exact) mass is 535 g/mol. The second kappa shape index (κ2) is 11.2. The smallest absolute Gasteiger partial charge is 0.277 e. The van der Waals surface area contributed by atoms with Crippen LogP contribution in [-0.4, -0.2) is 20.9 Å². The summed E-state index contributed by atoms with van der Waals surface area (Å²) in [6, 6.07) is 33.9. The van der Waals surface area contributed by atoms with E-state index in [-0.39, 0.29) is 23.8 Å². The van der Waals surface area contributed by atoms with E-state index in [0.29, 0.717) is 5.57 Å². The lowest BCUT2D eigenvalue weighted by molar-refractivity contribution is -0.114. The van der Waals surface area contributed by atoms with Crippen LogP contribution in [0.1, 0.15) is 28.7 Å². The number of rotatable bonds is 8. The summed E-state index contributed by atoms with van der Waals surface area (Å²) in [5, 5.41) is 0. The maximum atomic E-state index is 14.1. The number of allylic oxidation sites excluding steroid dienone is 1. The first-order valence-corrected chi connectivity index (χ1v) is 14.2. The highest BCUT2D eigenvalue weighted by Crippen LogP contribution is 2.42. The molecule has 1 aliphatic rings. The molecule has 1 heterocycles. The van der Waals surface area contributed by atoms with Gasteiger partial charge in [0, 0.05) is 23.3 Å². The lowest BCUT2D eigenvalue weighted by Gasteiger charge is -2.21. The van der Waals surface area contributed by atoms with Crippen molar-refractivity contribution in [2.24, 2.45) is 0 Å². The Morgan fingerprint density at radius 1 is 0.744 bits per heavy atom. The summed E-state index contributed by atoms with van der Waals surface area (Å²) in [6.45, 7) is 3.73. The average molecular weight is 536 g/mol. The van der Waals surface area contributed by atoms with Crippen molar-refractivity contribution in [3.8, 4) is 0 Å². The van der Waals surface area contributed by atoms with E-state index in [0.717, 1.165) is 39.2 Å². The molecule has 0 radical (unpaired) electrons. The minimum absolute atomic E-state index is 0.0917. The molecule has 5 rings (SSSR count). The third-order valence-electron chi connectivity index (χ3n) is 6.62. The largest absolute Gasteiger partial charge is 0.296 e. The third-order valence-corrected chi connectivity index (χ3v) is 7.94. The first-order valence-electron chi connectivity index (χ1n) is 12.8. The molecule has 5 nitrogen and oxygen atoms in total. The molecule has 0 N–H and O–H groups in total. The normalized spacial score (nSPS) is 14.9. The predicted molar refractivity (Wildman–Crippen MR) is 155 cm³/mol. The number of anilines is 1. The van der Waals surface area contributed by atoms with Crippen LogP contribution < -0.4 is 4.90 Å². The van der Waals surface area contributed by atoms with Gasteiger partial charge in [0.25, 0.3) is 16.0 Å². The van der Waals surface area contributed by atoms with Gasteiger partial charge < -0.3 is 0 Å². The zero-order valence-corrected chi connectivity index (χ0v) is 22.7. The number of aryl methyl sites for hydroxylation is 2. The second-order valence-electron chi connectivity index (χ2n) is 9.48. The molecule has 196 valence electrons. The summed E-state index contributed by atoms with van der Waals surface area (Å²) in [5.41, 5.74) is 6.61. The van der Waals surface area contributed by atoms with Gasteiger partial charge in [-0.3, -0.25) is 13.9 Å². The van der Waals surface area contributed by atoms with Crippen molar-refractivity contribution >= 4 is 33.4 Å². The number of hydrogen-bond acceptors (Lipinski definition) is 4. The quantitative estimate of drug-likeness (QED) is 0.229. The Bertz CT molecular complexity index is 1640. The molecular formula is C33H29NO4S. The van der Waals surface area contributed by atoms with Crippen LogP contribution in [0.5, 0.6) is 0 Å². The molecule has 4 aromatic carbocycles. The van der Waals surface area contributed by atoms with Crippen molar-refractivity contribution in [1.82, 2.24) is 0 Å². The van der Waals surface area contributed by atoms with E-state index in [9.17, 15) is 13.2 Å². The Kier molecular flexibility index (Phi) is 7.59. The molecule has 0 fully saturated rings. The molecule has 0 aliphatic carbocycles. The SMILES string of the molecule is Cc1ccc(N2C(=O)C(CCOS(=O)(=O)c3ccc(C)cc3)=C(c3ccccc3)/C2=C/c2ccccc2)cc1. The summed E-state index contributed by atoms with van der Waals surface area (Å²) >= 11 is 0. The van der Waals surface area contributed by atoms with Crippen molar-refractivity contribution in [3.05, 3.63) is 143 Å². The number of carbonyl (C=O) groups is 1. The molecule has 0 atom stereocenters. The van der Waals surface area contributed by atoms with Gasteiger partial charge in [-0.15, -0.1) is 0 Å². The fourth-order valence-electron chi connectivity index (χ4n) is 4.60. The molecule has 1 aliphatic heterocycles. The number of nitrogens with zero attached hydrogens (tertiary/aromatic N) is 1. The van der Waals surface area contributed by atoms with Crippen LogP contribution in [0.15, 0.2) is 125 Å². The number of hydrogen-bond donors (Lipinski definition) is 0.